The third kappa shape index (κ3) is 1.89. The number of hydrogen-bond donors (Lipinski definition) is 1. The topological polar surface area (TPSA) is 24.9 Å². The first kappa shape index (κ1) is 12.7. The van der Waals surface area contributed by atoms with Gasteiger partial charge in [0.1, 0.15) is 0 Å². The van der Waals surface area contributed by atoms with Crippen LogP contribution in [0.4, 0.5) is 18.9 Å². The summed E-state index contributed by atoms with van der Waals surface area (Å²) >= 11 is 0. The third-order valence-electron chi connectivity index (χ3n) is 2.81. The lowest BCUT2D eigenvalue weighted by molar-refractivity contribution is 0.453. The van der Waals surface area contributed by atoms with E-state index in [0.717, 1.165) is 6.07 Å². The molecule has 18 heavy (non-hydrogen) atoms. The monoisotopic (exact) mass is 254 g/mol. The van der Waals surface area contributed by atoms with E-state index >= 15 is 0 Å². The Morgan fingerprint density at radius 2 is 1.78 bits per heavy atom. The van der Waals surface area contributed by atoms with Gasteiger partial charge in [0.2, 0.25) is 0 Å². The van der Waals surface area contributed by atoms with E-state index in [9.17, 15) is 13.2 Å². The first-order valence-corrected chi connectivity index (χ1v) is 5.61. The molecule has 2 nitrogen and oxygen atoms in total. The van der Waals surface area contributed by atoms with E-state index in [0.29, 0.717) is 11.4 Å². The number of benzene rings is 1. The summed E-state index contributed by atoms with van der Waals surface area (Å²) < 4.78 is 40.2. The van der Waals surface area contributed by atoms with Crippen LogP contribution >= 0.6 is 0 Å². The van der Waals surface area contributed by atoms with Gasteiger partial charge in [-0.3, -0.25) is 4.98 Å². The first-order valence-electron chi connectivity index (χ1n) is 5.61. The molecule has 0 bridgehead atoms. The second kappa shape index (κ2) is 4.48. The maximum absolute atomic E-state index is 13.7. The molecular formula is C13H13F3N2. The van der Waals surface area contributed by atoms with Crippen LogP contribution in [0.15, 0.2) is 12.1 Å². The predicted molar refractivity (Wildman–Crippen MR) is 65.3 cm³/mol. The Morgan fingerprint density at radius 3 is 2.33 bits per heavy atom. The highest BCUT2D eigenvalue weighted by Crippen LogP contribution is 2.30. The van der Waals surface area contributed by atoms with Gasteiger partial charge < -0.3 is 5.32 Å². The lowest BCUT2D eigenvalue weighted by Gasteiger charge is -2.12. The zero-order valence-corrected chi connectivity index (χ0v) is 10.3. The number of pyridine rings is 1. The molecule has 1 aromatic heterocycles. The van der Waals surface area contributed by atoms with E-state index in [1.54, 1.807) is 13.1 Å². The number of anilines is 1. The molecule has 1 N–H and O–H groups in total. The molecule has 2 rings (SSSR count). The zero-order valence-electron chi connectivity index (χ0n) is 10.3. The van der Waals surface area contributed by atoms with Gasteiger partial charge in [-0.1, -0.05) is 13.8 Å². The van der Waals surface area contributed by atoms with Gasteiger partial charge in [0.25, 0.3) is 0 Å². The summed E-state index contributed by atoms with van der Waals surface area (Å²) in [5.74, 6) is -3.80. The molecule has 0 aliphatic carbocycles. The van der Waals surface area contributed by atoms with Crippen LogP contribution in [0.25, 0.3) is 10.9 Å². The van der Waals surface area contributed by atoms with Gasteiger partial charge in [-0.25, -0.2) is 13.2 Å². The van der Waals surface area contributed by atoms with Crippen molar-refractivity contribution < 1.29 is 13.2 Å². The van der Waals surface area contributed by atoms with Gasteiger partial charge in [0.05, 0.1) is 10.9 Å². The highest BCUT2D eigenvalue weighted by Gasteiger charge is 2.18. The molecule has 0 aliphatic heterocycles. The fourth-order valence-corrected chi connectivity index (χ4v) is 1.81. The minimum absolute atomic E-state index is 0.0270. The number of hydrogen-bond acceptors (Lipinski definition) is 2. The summed E-state index contributed by atoms with van der Waals surface area (Å²) in [6.45, 7) is 3.84. The van der Waals surface area contributed by atoms with Crippen molar-refractivity contribution in [3.05, 3.63) is 35.3 Å². The molecule has 96 valence electrons. The second-order valence-electron chi connectivity index (χ2n) is 4.38. The van der Waals surface area contributed by atoms with Crippen LogP contribution in [-0.4, -0.2) is 12.0 Å². The summed E-state index contributed by atoms with van der Waals surface area (Å²) in [6, 6.07) is 2.56. The van der Waals surface area contributed by atoms with Crippen molar-refractivity contribution in [1.82, 2.24) is 4.98 Å². The van der Waals surface area contributed by atoms with E-state index < -0.39 is 17.5 Å². The average Bonchev–Trinajstić information content (AvgIpc) is 2.34. The highest BCUT2D eigenvalue weighted by atomic mass is 19.2. The van der Waals surface area contributed by atoms with Crippen LogP contribution < -0.4 is 5.32 Å². The fourth-order valence-electron chi connectivity index (χ4n) is 1.81. The SMILES string of the molecule is CNc1cc(C(C)C)nc2cc(F)c(F)c(F)c12. The average molecular weight is 254 g/mol. The molecule has 0 amide bonds. The smallest absolute Gasteiger partial charge is 0.195 e. The van der Waals surface area contributed by atoms with Gasteiger partial charge in [-0.2, -0.15) is 0 Å². The van der Waals surface area contributed by atoms with Crippen LogP contribution in [0.5, 0.6) is 0 Å². The normalized spacial score (nSPS) is 11.3. The van der Waals surface area contributed by atoms with E-state index in [4.69, 9.17) is 0 Å². The van der Waals surface area contributed by atoms with Crippen LogP contribution in [-0.2, 0) is 0 Å². The molecule has 1 heterocycles. The highest BCUT2D eigenvalue weighted by molar-refractivity contribution is 5.92. The largest absolute Gasteiger partial charge is 0.387 e. The van der Waals surface area contributed by atoms with Crippen molar-refractivity contribution in [3.8, 4) is 0 Å². The quantitative estimate of drug-likeness (QED) is 0.824. The standard InChI is InChI=1S/C13H13F3N2/c1-6(2)8-5-9(17-3)11-10(18-8)4-7(14)12(15)13(11)16/h4-6H,1-3H3,(H,17,18). The minimum Gasteiger partial charge on any atom is -0.387 e. The molecule has 1 aromatic carbocycles. The maximum Gasteiger partial charge on any atom is 0.195 e. The number of nitrogens with zero attached hydrogens (tertiary/aromatic N) is 1. The molecule has 0 saturated carbocycles. The Labute approximate surface area is 103 Å². The van der Waals surface area contributed by atoms with Crippen molar-refractivity contribution in [2.75, 3.05) is 12.4 Å². The third-order valence-corrected chi connectivity index (χ3v) is 2.81. The number of rotatable bonds is 2. The van der Waals surface area contributed by atoms with Crippen LogP contribution in [0.2, 0.25) is 0 Å². The summed E-state index contributed by atoms with van der Waals surface area (Å²) in [5, 5.41) is 2.76. The molecule has 2 aromatic rings. The molecule has 0 radical (unpaired) electrons. The number of halogens is 3. The van der Waals surface area contributed by atoms with Gasteiger partial charge >= 0.3 is 0 Å². The molecular weight excluding hydrogens is 241 g/mol. The van der Waals surface area contributed by atoms with Gasteiger partial charge in [0, 0.05) is 24.5 Å². The van der Waals surface area contributed by atoms with E-state index in [2.05, 4.69) is 10.3 Å². The predicted octanol–water partition coefficient (Wildman–Crippen LogP) is 3.82. The summed E-state index contributed by atoms with van der Waals surface area (Å²) in [5.41, 5.74) is 1.21. The van der Waals surface area contributed by atoms with Crippen molar-refractivity contribution in [3.63, 3.8) is 0 Å². The summed E-state index contributed by atoms with van der Waals surface area (Å²) in [7, 11) is 1.60. The van der Waals surface area contributed by atoms with Crippen LogP contribution in [0.1, 0.15) is 25.5 Å². The number of fused-ring (bicyclic) bond motifs is 1. The molecule has 0 fully saturated rings. The molecule has 0 spiro atoms. The Balaban J connectivity index is 2.88. The lowest BCUT2D eigenvalue weighted by atomic mass is 10.1. The van der Waals surface area contributed by atoms with Crippen LogP contribution in [0.3, 0.4) is 0 Å². The van der Waals surface area contributed by atoms with E-state index in [1.165, 1.54) is 0 Å². The Bertz CT molecular complexity index is 609. The maximum atomic E-state index is 13.7. The molecule has 5 heteroatoms. The Kier molecular flexibility index (Phi) is 3.15. The van der Waals surface area contributed by atoms with Gasteiger partial charge in [-0.05, 0) is 12.0 Å². The molecule has 0 aliphatic rings. The van der Waals surface area contributed by atoms with Gasteiger partial charge in [-0.15, -0.1) is 0 Å². The summed E-state index contributed by atoms with van der Waals surface area (Å²) in [4.78, 5) is 4.16. The van der Waals surface area contributed by atoms with Gasteiger partial charge in [0.15, 0.2) is 17.5 Å². The fraction of sp³-hybridized carbons (Fsp3) is 0.308. The minimum atomic E-state index is -1.47. The lowest BCUT2D eigenvalue weighted by Crippen LogP contribution is -2.02. The van der Waals surface area contributed by atoms with Crippen molar-refractivity contribution in [2.45, 2.75) is 19.8 Å². The Hall–Kier alpha value is -1.78. The summed E-state index contributed by atoms with van der Waals surface area (Å²) in [6.07, 6.45) is 0. The second-order valence-corrected chi connectivity index (χ2v) is 4.38. The van der Waals surface area contributed by atoms with Crippen LogP contribution in [0, 0.1) is 17.5 Å². The first-order chi connectivity index (χ1) is 8.45. The van der Waals surface area contributed by atoms with Crippen molar-refractivity contribution in [2.24, 2.45) is 0 Å². The zero-order chi connectivity index (χ0) is 13.4. The molecule has 0 atom stereocenters. The van der Waals surface area contributed by atoms with Crippen molar-refractivity contribution >= 4 is 16.6 Å². The van der Waals surface area contributed by atoms with E-state index in [1.807, 2.05) is 13.8 Å². The van der Waals surface area contributed by atoms with Crippen molar-refractivity contribution in [1.29, 1.82) is 0 Å². The number of aromatic nitrogens is 1. The molecule has 0 saturated heterocycles. The molecule has 0 unspecified atom stereocenters. The number of nitrogens with one attached hydrogen (secondary N) is 1. The Morgan fingerprint density at radius 1 is 1.11 bits per heavy atom. The van der Waals surface area contributed by atoms with E-state index in [-0.39, 0.29) is 16.8 Å².